The maximum atomic E-state index is 13.5. The molecule has 1 fully saturated rings. The van der Waals surface area contributed by atoms with E-state index in [2.05, 4.69) is 0 Å². The van der Waals surface area contributed by atoms with Gasteiger partial charge in [-0.1, -0.05) is 0 Å². The Hall–Kier alpha value is -0.190. The van der Waals surface area contributed by atoms with Gasteiger partial charge in [0.25, 0.3) is 0 Å². The van der Waals surface area contributed by atoms with Gasteiger partial charge in [-0.15, -0.1) is 0 Å². The molecule has 1 aliphatic heterocycles. The average molecular weight is 192 g/mol. The highest BCUT2D eigenvalue weighted by Gasteiger charge is 2.32. The number of aliphatic hydroxyl groups is 2. The number of hydrogen-bond acceptors (Lipinski definition) is 3. The Bertz CT molecular complexity index is 142. The van der Waals surface area contributed by atoms with Gasteiger partial charge in [-0.3, -0.25) is 0 Å². The van der Waals surface area contributed by atoms with Crippen molar-refractivity contribution in [2.24, 2.45) is 0 Å². The van der Waals surface area contributed by atoms with Crippen molar-refractivity contribution in [3.63, 3.8) is 0 Å². The van der Waals surface area contributed by atoms with Gasteiger partial charge >= 0.3 is 0 Å². The molecule has 1 atom stereocenters. The lowest BCUT2D eigenvalue weighted by Crippen LogP contribution is -2.38. The summed E-state index contributed by atoms with van der Waals surface area (Å²) < 4.78 is 18.8. The van der Waals surface area contributed by atoms with Crippen LogP contribution in [-0.4, -0.2) is 41.8 Å². The predicted molar refractivity (Wildman–Crippen MR) is 46.2 cm³/mol. The van der Waals surface area contributed by atoms with Crippen molar-refractivity contribution in [3.05, 3.63) is 0 Å². The van der Waals surface area contributed by atoms with E-state index in [9.17, 15) is 4.39 Å². The SMILES string of the molecule is OCC(F)(CO)C[C@@H]1CCCCO1. The van der Waals surface area contributed by atoms with E-state index in [-0.39, 0.29) is 12.5 Å². The number of aliphatic hydroxyl groups excluding tert-OH is 2. The van der Waals surface area contributed by atoms with E-state index >= 15 is 0 Å². The van der Waals surface area contributed by atoms with E-state index in [4.69, 9.17) is 14.9 Å². The van der Waals surface area contributed by atoms with Crippen LogP contribution in [0.2, 0.25) is 0 Å². The molecule has 4 heteroatoms. The first-order valence-corrected chi connectivity index (χ1v) is 4.72. The molecule has 1 heterocycles. The lowest BCUT2D eigenvalue weighted by Gasteiger charge is -2.29. The molecule has 1 aliphatic rings. The summed E-state index contributed by atoms with van der Waals surface area (Å²) in [5, 5.41) is 17.5. The maximum Gasteiger partial charge on any atom is 0.159 e. The Balaban J connectivity index is 2.35. The molecule has 0 aromatic carbocycles. The van der Waals surface area contributed by atoms with E-state index in [0.717, 1.165) is 19.3 Å². The minimum atomic E-state index is -1.87. The minimum absolute atomic E-state index is 0.0972. The van der Waals surface area contributed by atoms with E-state index in [0.29, 0.717) is 6.61 Å². The van der Waals surface area contributed by atoms with Crippen molar-refractivity contribution >= 4 is 0 Å². The molecule has 0 radical (unpaired) electrons. The molecule has 0 unspecified atom stereocenters. The summed E-state index contributed by atoms with van der Waals surface area (Å²) in [5.41, 5.74) is -1.87. The quantitative estimate of drug-likeness (QED) is 0.687. The molecule has 0 saturated carbocycles. The second kappa shape index (κ2) is 4.88. The van der Waals surface area contributed by atoms with Gasteiger partial charge < -0.3 is 14.9 Å². The molecular formula is C9H17FO3. The maximum absolute atomic E-state index is 13.5. The van der Waals surface area contributed by atoms with Crippen LogP contribution in [0.1, 0.15) is 25.7 Å². The van der Waals surface area contributed by atoms with Gasteiger partial charge in [0.15, 0.2) is 5.67 Å². The number of halogens is 1. The van der Waals surface area contributed by atoms with Gasteiger partial charge in [-0.2, -0.15) is 0 Å². The number of rotatable bonds is 4. The monoisotopic (exact) mass is 192 g/mol. The number of ether oxygens (including phenoxy) is 1. The second-order valence-electron chi connectivity index (χ2n) is 3.66. The average Bonchev–Trinajstić information content (AvgIpc) is 2.19. The van der Waals surface area contributed by atoms with Crippen LogP contribution in [0.3, 0.4) is 0 Å². The third-order valence-corrected chi connectivity index (χ3v) is 2.43. The zero-order valence-corrected chi connectivity index (χ0v) is 7.71. The summed E-state index contributed by atoms with van der Waals surface area (Å²) in [4.78, 5) is 0. The largest absolute Gasteiger partial charge is 0.393 e. The van der Waals surface area contributed by atoms with E-state index in [1.165, 1.54) is 0 Å². The zero-order valence-electron chi connectivity index (χ0n) is 7.71. The van der Waals surface area contributed by atoms with Crippen molar-refractivity contribution in [2.75, 3.05) is 19.8 Å². The first-order chi connectivity index (χ1) is 6.20. The molecule has 1 saturated heterocycles. The van der Waals surface area contributed by atoms with Crippen LogP contribution in [0.5, 0.6) is 0 Å². The lowest BCUT2D eigenvalue weighted by molar-refractivity contribution is -0.0595. The predicted octanol–water partition coefficient (Wildman–Crippen LogP) is 0.639. The normalized spacial score (nSPS) is 24.7. The highest BCUT2D eigenvalue weighted by atomic mass is 19.1. The standard InChI is InChI=1S/C9H17FO3/c10-9(6-11,7-12)5-8-3-1-2-4-13-8/h8,11-12H,1-7H2/t8-/m0/s1. The first kappa shape index (κ1) is 10.9. The van der Waals surface area contributed by atoms with Crippen LogP contribution >= 0.6 is 0 Å². The molecule has 13 heavy (non-hydrogen) atoms. The molecule has 78 valence electrons. The van der Waals surface area contributed by atoms with Gasteiger partial charge in [0.05, 0.1) is 19.3 Å². The smallest absolute Gasteiger partial charge is 0.159 e. The molecule has 3 nitrogen and oxygen atoms in total. The topological polar surface area (TPSA) is 49.7 Å². The van der Waals surface area contributed by atoms with Crippen LogP contribution in [-0.2, 0) is 4.74 Å². The zero-order chi connectivity index (χ0) is 9.73. The Morgan fingerprint density at radius 3 is 2.46 bits per heavy atom. The van der Waals surface area contributed by atoms with Crippen molar-refractivity contribution in [2.45, 2.75) is 37.5 Å². The Morgan fingerprint density at radius 2 is 2.00 bits per heavy atom. The summed E-state index contributed by atoms with van der Waals surface area (Å²) >= 11 is 0. The number of alkyl halides is 1. The van der Waals surface area contributed by atoms with Crippen LogP contribution in [0, 0.1) is 0 Å². The van der Waals surface area contributed by atoms with Crippen molar-refractivity contribution in [3.8, 4) is 0 Å². The second-order valence-corrected chi connectivity index (χ2v) is 3.66. The van der Waals surface area contributed by atoms with Gasteiger partial charge in [0, 0.05) is 13.0 Å². The van der Waals surface area contributed by atoms with Gasteiger partial charge in [-0.25, -0.2) is 4.39 Å². The number of hydrogen-bond donors (Lipinski definition) is 2. The first-order valence-electron chi connectivity index (χ1n) is 4.72. The van der Waals surface area contributed by atoms with Gasteiger partial charge in [0.1, 0.15) is 0 Å². The summed E-state index contributed by atoms with van der Waals surface area (Å²) in [7, 11) is 0. The third kappa shape index (κ3) is 3.21. The molecule has 1 rings (SSSR count). The molecule has 0 aromatic rings. The van der Waals surface area contributed by atoms with E-state index < -0.39 is 18.9 Å². The van der Waals surface area contributed by atoms with Gasteiger partial charge in [-0.05, 0) is 19.3 Å². The van der Waals surface area contributed by atoms with Crippen molar-refractivity contribution < 1.29 is 19.3 Å². The third-order valence-electron chi connectivity index (χ3n) is 2.43. The fourth-order valence-corrected chi connectivity index (χ4v) is 1.56. The summed E-state index contributed by atoms with van der Waals surface area (Å²) in [6.45, 7) is -0.607. The molecule has 0 aromatic heterocycles. The summed E-state index contributed by atoms with van der Waals surface area (Å²) in [5.74, 6) is 0. The lowest BCUT2D eigenvalue weighted by atomic mass is 9.95. The summed E-state index contributed by atoms with van der Waals surface area (Å²) in [6, 6.07) is 0. The van der Waals surface area contributed by atoms with Crippen molar-refractivity contribution in [1.29, 1.82) is 0 Å². The molecule has 0 aliphatic carbocycles. The highest BCUT2D eigenvalue weighted by Crippen LogP contribution is 2.24. The Kier molecular flexibility index (Phi) is 4.09. The van der Waals surface area contributed by atoms with Crippen LogP contribution in [0.25, 0.3) is 0 Å². The van der Waals surface area contributed by atoms with Crippen molar-refractivity contribution in [1.82, 2.24) is 0 Å². The van der Waals surface area contributed by atoms with E-state index in [1.807, 2.05) is 0 Å². The van der Waals surface area contributed by atoms with Crippen LogP contribution in [0.4, 0.5) is 4.39 Å². The van der Waals surface area contributed by atoms with E-state index in [1.54, 1.807) is 0 Å². The molecule has 0 bridgehead atoms. The molecule has 0 spiro atoms. The minimum Gasteiger partial charge on any atom is -0.393 e. The fourth-order valence-electron chi connectivity index (χ4n) is 1.56. The Morgan fingerprint density at radius 1 is 1.31 bits per heavy atom. The van der Waals surface area contributed by atoms with Crippen LogP contribution < -0.4 is 0 Å². The highest BCUT2D eigenvalue weighted by molar-refractivity contribution is 4.82. The molecule has 2 N–H and O–H groups in total. The van der Waals surface area contributed by atoms with Gasteiger partial charge in [0.2, 0.25) is 0 Å². The van der Waals surface area contributed by atoms with Crippen LogP contribution in [0.15, 0.2) is 0 Å². The molecular weight excluding hydrogens is 175 g/mol. The fraction of sp³-hybridized carbons (Fsp3) is 1.00. The Labute approximate surface area is 77.5 Å². The summed E-state index contributed by atoms with van der Waals surface area (Å²) in [6.07, 6.45) is 2.84. The molecule has 0 amide bonds.